The van der Waals surface area contributed by atoms with E-state index in [4.69, 9.17) is 5.14 Å². The molecule has 0 aliphatic carbocycles. The zero-order valence-corrected chi connectivity index (χ0v) is 15.5. The maximum Gasteiger partial charge on any atom is 0.335 e. The van der Waals surface area contributed by atoms with Crippen molar-refractivity contribution in [3.63, 3.8) is 0 Å². The fourth-order valence-corrected chi connectivity index (χ4v) is 3.04. The third-order valence-electron chi connectivity index (χ3n) is 3.89. The predicted octanol–water partition coefficient (Wildman–Crippen LogP) is 0.938. The van der Waals surface area contributed by atoms with Crippen molar-refractivity contribution in [1.82, 2.24) is 9.55 Å². The van der Waals surface area contributed by atoms with Crippen LogP contribution in [0, 0.1) is 6.92 Å². The van der Waals surface area contributed by atoms with Crippen LogP contribution in [0.4, 0.5) is 5.69 Å². The molecule has 0 radical (unpaired) electrons. The van der Waals surface area contributed by atoms with Crippen LogP contribution >= 0.6 is 0 Å². The lowest BCUT2D eigenvalue weighted by Gasteiger charge is -2.10. The predicted molar refractivity (Wildman–Crippen MR) is 104 cm³/mol. The molecule has 2 aromatic carbocycles. The van der Waals surface area contributed by atoms with Gasteiger partial charge in [0.2, 0.25) is 15.9 Å². The Labute approximate surface area is 159 Å². The fraction of sp³-hybridized carbons (Fsp3) is 0.0556. The van der Waals surface area contributed by atoms with Gasteiger partial charge in [0, 0.05) is 6.21 Å². The summed E-state index contributed by atoms with van der Waals surface area (Å²) in [6.07, 6.45) is 1.09. The van der Waals surface area contributed by atoms with Crippen LogP contribution in [0.5, 0.6) is 5.88 Å². The Morgan fingerprint density at radius 1 is 1.14 bits per heavy atom. The van der Waals surface area contributed by atoms with Gasteiger partial charge in [-0.3, -0.25) is 14.8 Å². The van der Waals surface area contributed by atoms with Crippen molar-refractivity contribution in [3.8, 4) is 11.6 Å². The van der Waals surface area contributed by atoms with Crippen LogP contribution in [0.25, 0.3) is 5.69 Å². The molecular formula is C18H16N4O5S. The molecule has 0 fully saturated rings. The molecule has 4 N–H and O–H groups in total. The van der Waals surface area contributed by atoms with Crippen LogP contribution in [-0.2, 0) is 10.0 Å². The van der Waals surface area contributed by atoms with E-state index in [1.807, 2.05) is 13.0 Å². The SMILES string of the molecule is Cc1cccc(-n2c(O)c(C=Nc3ccc(S(N)(=O)=O)cc3)c(=O)[nH]c2=O)c1. The zero-order valence-electron chi connectivity index (χ0n) is 14.7. The summed E-state index contributed by atoms with van der Waals surface area (Å²) in [4.78, 5) is 30.4. The van der Waals surface area contributed by atoms with Crippen LogP contribution in [0.15, 0.2) is 68.0 Å². The summed E-state index contributed by atoms with van der Waals surface area (Å²) in [5, 5.41) is 15.5. The first-order chi connectivity index (χ1) is 13.2. The number of nitrogens with zero attached hydrogens (tertiary/aromatic N) is 2. The van der Waals surface area contributed by atoms with Crippen molar-refractivity contribution < 1.29 is 13.5 Å². The summed E-state index contributed by atoms with van der Waals surface area (Å²) >= 11 is 0. The molecule has 0 spiro atoms. The summed E-state index contributed by atoms with van der Waals surface area (Å²) in [7, 11) is -3.83. The van der Waals surface area contributed by atoms with E-state index in [9.17, 15) is 23.1 Å². The summed E-state index contributed by atoms with van der Waals surface area (Å²) in [6.45, 7) is 1.82. The Balaban J connectivity index is 2.05. The van der Waals surface area contributed by atoms with Gasteiger partial charge in [-0.15, -0.1) is 0 Å². The molecule has 9 nitrogen and oxygen atoms in total. The fourth-order valence-electron chi connectivity index (χ4n) is 2.52. The average Bonchev–Trinajstić information content (AvgIpc) is 2.61. The molecule has 0 atom stereocenters. The summed E-state index contributed by atoms with van der Waals surface area (Å²) in [5.74, 6) is -0.566. The van der Waals surface area contributed by atoms with Gasteiger partial charge in [0.1, 0.15) is 5.56 Å². The second kappa shape index (κ2) is 7.25. The van der Waals surface area contributed by atoms with Crippen molar-refractivity contribution in [2.24, 2.45) is 10.1 Å². The maximum atomic E-state index is 12.2. The van der Waals surface area contributed by atoms with Gasteiger partial charge in [-0.2, -0.15) is 0 Å². The number of aromatic nitrogens is 2. The molecule has 0 bridgehead atoms. The molecule has 0 amide bonds. The second-order valence-electron chi connectivity index (χ2n) is 5.97. The highest BCUT2D eigenvalue weighted by Crippen LogP contribution is 2.18. The number of nitrogens with one attached hydrogen (secondary N) is 1. The van der Waals surface area contributed by atoms with Crippen LogP contribution < -0.4 is 16.4 Å². The highest BCUT2D eigenvalue weighted by molar-refractivity contribution is 7.89. The van der Waals surface area contributed by atoms with Crippen molar-refractivity contribution in [2.75, 3.05) is 0 Å². The Morgan fingerprint density at radius 3 is 2.43 bits per heavy atom. The number of hydrogen-bond donors (Lipinski definition) is 3. The molecule has 0 aliphatic rings. The Morgan fingerprint density at radius 2 is 1.82 bits per heavy atom. The number of H-pyrrole nitrogens is 1. The van der Waals surface area contributed by atoms with Gasteiger partial charge < -0.3 is 5.11 Å². The van der Waals surface area contributed by atoms with Crippen molar-refractivity contribution in [1.29, 1.82) is 0 Å². The zero-order chi connectivity index (χ0) is 20.5. The second-order valence-corrected chi connectivity index (χ2v) is 7.53. The van der Waals surface area contributed by atoms with Crippen LogP contribution in [0.3, 0.4) is 0 Å². The van der Waals surface area contributed by atoms with Gasteiger partial charge in [-0.25, -0.2) is 22.9 Å². The summed E-state index contributed by atoms with van der Waals surface area (Å²) in [6, 6.07) is 12.1. The molecule has 10 heteroatoms. The van der Waals surface area contributed by atoms with E-state index in [1.54, 1.807) is 18.2 Å². The molecule has 3 aromatic rings. The third-order valence-corrected chi connectivity index (χ3v) is 4.82. The van der Waals surface area contributed by atoms with Gasteiger partial charge in [-0.05, 0) is 48.9 Å². The van der Waals surface area contributed by atoms with Crippen molar-refractivity contribution in [3.05, 3.63) is 80.5 Å². The highest BCUT2D eigenvalue weighted by atomic mass is 32.2. The minimum Gasteiger partial charge on any atom is -0.493 e. The molecule has 28 heavy (non-hydrogen) atoms. The Bertz CT molecular complexity index is 1290. The number of aromatic amines is 1. The summed E-state index contributed by atoms with van der Waals surface area (Å²) in [5.41, 5.74) is -0.263. The monoisotopic (exact) mass is 400 g/mol. The van der Waals surface area contributed by atoms with E-state index in [2.05, 4.69) is 9.98 Å². The lowest BCUT2D eigenvalue weighted by atomic mass is 10.2. The van der Waals surface area contributed by atoms with Gasteiger partial charge in [0.25, 0.3) is 5.56 Å². The molecule has 0 aliphatic heterocycles. The average molecular weight is 400 g/mol. The Hall–Kier alpha value is -3.50. The number of benzene rings is 2. The van der Waals surface area contributed by atoms with E-state index in [1.165, 1.54) is 24.3 Å². The number of aromatic hydroxyl groups is 1. The lowest BCUT2D eigenvalue weighted by Crippen LogP contribution is -2.31. The lowest BCUT2D eigenvalue weighted by molar-refractivity contribution is 0.430. The molecule has 0 saturated carbocycles. The van der Waals surface area contributed by atoms with Crippen molar-refractivity contribution >= 4 is 21.9 Å². The first-order valence-corrected chi connectivity index (χ1v) is 9.54. The van der Waals surface area contributed by atoms with Crippen LogP contribution in [0.2, 0.25) is 0 Å². The number of hydrogen-bond acceptors (Lipinski definition) is 6. The van der Waals surface area contributed by atoms with Gasteiger partial charge in [0.05, 0.1) is 16.3 Å². The molecule has 0 unspecified atom stereocenters. The first kappa shape index (κ1) is 19.3. The van der Waals surface area contributed by atoms with Crippen LogP contribution in [0.1, 0.15) is 11.1 Å². The van der Waals surface area contributed by atoms with Crippen LogP contribution in [-0.4, -0.2) is 29.3 Å². The van der Waals surface area contributed by atoms with E-state index in [0.29, 0.717) is 11.4 Å². The normalized spacial score (nSPS) is 11.8. The van der Waals surface area contributed by atoms with Gasteiger partial charge >= 0.3 is 5.69 Å². The maximum absolute atomic E-state index is 12.2. The molecule has 144 valence electrons. The first-order valence-electron chi connectivity index (χ1n) is 7.99. The quantitative estimate of drug-likeness (QED) is 0.558. The smallest absolute Gasteiger partial charge is 0.335 e. The summed E-state index contributed by atoms with van der Waals surface area (Å²) < 4.78 is 23.5. The number of rotatable bonds is 4. The number of primary sulfonamides is 1. The van der Waals surface area contributed by atoms with Gasteiger partial charge in [0.15, 0.2) is 0 Å². The van der Waals surface area contributed by atoms with E-state index in [0.717, 1.165) is 16.3 Å². The Kier molecular flexibility index (Phi) is 4.99. The molecule has 1 heterocycles. The standard InChI is InChI=1S/C18H16N4O5S/c1-11-3-2-4-13(9-11)22-17(24)15(16(23)21-18(22)25)10-20-12-5-7-14(8-6-12)28(19,26)27/h2-10,24H,1H3,(H2,19,26,27)(H,21,23,25). The van der Waals surface area contributed by atoms with E-state index >= 15 is 0 Å². The molecule has 1 aromatic heterocycles. The molecule has 0 saturated heterocycles. The minimum absolute atomic E-state index is 0.0832. The minimum atomic E-state index is -3.83. The topological polar surface area (TPSA) is 148 Å². The number of nitrogens with two attached hydrogens (primary N) is 1. The third kappa shape index (κ3) is 3.92. The van der Waals surface area contributed by atoms with E-state index in [-0.39, 0.29) is 10.5 Å². The largest absolute Gasteiger partial charge is 0.493 e. The molecular weight excluding hydrogens is 384 g/mol. The van der Waals surface area contributed by atoms with Gasteiger partial charge in [-0.1, -0.05) is 12.1 Å². The number of sulfonamides is 1. The van der Waals surface area contributed by atoms with E-state index < -0.39 is 27.2 Å². The number of aliphatic imine (C=N–C) groups is 1. The molecule has 3 rings (SSSR count). The number of aryl methyl sites for hydroxylation is 1. The highest BCUT2D eigenvalue weighted by Gasteiger charge is 2.14. The van der Waals surface area contributed by atoms with Crippen molar-refractivity contribution in [2.45, 2.75) is 11.8 Å².